The smallest absolute Gasteiger partial charge is 0.243 e. The fourth-order valence-corrected chi connectivity index (χ4v) is 2.07. The summed E-state index contributed by atoms with van der Waals surface area (Å²) in [6, 6.07) is 14.5. The minimum Gasteiger partial charge on any atom is -0.491 e. The van der Waals surface area contributed by atoms with Gasteiger partial charge in [-0.25, -0.2) is 0 Å². The van der Waals surface area contributed by atoms with Gasteiger partial charge in [-0.2, -0.15) is 0 Å². The lowest BCUT2D eigenvalue weighted by Crippen LogP contribution is -2.21. The van der Waals surface area contributed by atoms with Crippen molar-refractivity contribution in [3.8, 4) is 5.75 Å². The Bertz CT molecular complexity index is 632. The number of hydrogen-bond acceptors (Lipinski definition) is 4. The molecular formula is C17H19ClN2O3. The first-order valence-corrected chi connectivity index (χ1v) is 7.57. The van der Waals surface area contributed by atoms with Crippen molar-refractivity contribution in [2.24, 2.45) is 0 Å². The van der Waals surface area contributed by atoms with Crippen LogP contribution in [0.1, 0.15) is 0 Å². The summed E-state index contributed by atoms with van der Waals surface area (Å²) in [4.78, 5) is 11.9. The molecule has 0 aliphatic carbocycles. The predicted molar refractivity (Wildman–Crippen MR) is 92.4 cm³/mol. The van der Waals surface area contributed by atoms with E-state index in [-0.39, 0.29) is 12.5 Å². The number of ether oxygens (including phenoxy) is 2. The number of nitrogens with one attached hydrogen (secondary N) is 2. The Hall–Kier alpha value is -2.24. The average Bonchev–Trinajstić information content (AvgIpc) is 2.56. The van der Waals surface area contributed by atoms with E-state index in [4.69, 9.17) is 21.1 Å². The van der Waals surface area contributed by atoms with E-state index in [0.29, 0.717) is 23.9 Å². The van der Waals surface area contributed by atoms with Gasteiger partial charge in [0.2, 0.25) is 5.91 Å². The number of benzene rings is 2. The van der Waals surface area contributed by atoms with Gasteiger partial charge < -0.3 is 20.1 Å². The van der Waals surface area contributed by atoms with Crippen LogP contribution in [-0.4, -0.2) is 32.8 Å². The Morgan fingerprint density at radius 1 is 1.09 bits per heavy atom. The number of halogens is 1. The van der Waals surface area contributed by atoms with Gasteiger partial charge in [-0.05, 0) is 36.4 Å². The molecule has 0 radical (unpaired) electrons. The Morgan fingerprint density at radius 2 is 1.83 bits per heavy atom. The second kappa shape index (κ2) is 9.02. The molecule has 0 saturated carbocycles. The molecule has 0 heterocycles. The van der Waals surface area contributed by atoms with Crippen molar-refractivity contribution < 1.29 is 14.3 Å². The van der Waals surface area contributed by atoms with Crippen molar-refractivity contribution in [1.82, 2.24) is 0 Å². The van der Waals surface area contributed by atoms with Gasteiger partial charge >= 0.3 is 0 Å². The van der Waals surface area contributed by atoms with E-state index in [0.717, 1.165) is 11.4 Å². The maximum absolute atomic E-state index is 11.9. The number of para-hydroxylation sites is 1. The number of amides is 1. The summed E-state index contributed by atoms with van der Waals surface area (Å²) in [7, 11) is 1.62. The lowest BCUT2D eigenvalue weighted by Gasteiger charge is -2.10. The van der Waals surface area contributed by atoms with E-state index in [1.807, 2.05) is 18.2 Å². The molecule has 0 saturated heterocycles. The van der Waals surface area contributed by atoms with E-state index >= 15 is 0 Å². The lowest BCUT2D eigenvalue weighted by molar-refractivity contribution is -0.114. The van der Waals surface area contributed by atoms with Gasteiger partial charge in [0, 0.05) is 12.8 Å². The van der Waals surface area contributed by atoms with Crippen LogP contribution in [0.4, 0.5) is 11.4 Å². The third-order valence-electron chi connectivity index (χ3n) is 3.01. The molecule has 0 unspecified atom stereocenters. The van der Waals surface area contributed by atoms with Crippen LogP contribution in [0.5, 0.6) is 5.75 Å². The molecule has 122 valence electrons. The molecule has 0 bridgehead atoms. The normalized spacial score (nSPS) is 10.2. The fraction of sp³-hybridized carbons (Fsp3) is 0.235. The SMILES string of the molecule is COCCOc1ccc(NC(=O)CNc2ccccc2Cl)cc1. The molecule has 23 heavy (non-hydrogen) atoms. The van der Waals surface area contributed by atoms with E-state index < -0.39 is 0 Å². The number of methoxy groups -OCH3 is 1. The van der Waals surface area contributed by atoms with E-state index in [2.05, 4.69) is 10.6 Å². The summed E-state index contributed by atoms with van der Waals surface area (Å²) >= 11 is 6.02. The van der Waals surface area contributed by atoms with Crippen molar-refractivity contribution in [2.45, 2.75) is 0 Å². The number of anilines is 2. The average molecular weight is 335 g/mol. The summed E-state index contributed by atoms with van der Waals surface area (Å²) < 4.78 is 10.4. The molecule has 2 N–H and O–H groups in total. The van der Waals surface area contributed by atoms with Crippen molar-refractivity contribution in [2.75, 3.05) is 37.5 Å². The molecule has 0 aliphatic rings. The highest BCUT2D eigenvalue weighted by atomic mass is 35.5. The Kier molecular flexibility index (Phi) is 6.72. The van der Waals surface area contributed by atoms with Crippen molar-refractivity contribution in [3.05, 3.63) is 53.6 Å². The van der Waals surface area contributed by atoms with Crippen LogP contribution < -0.4 is 15.4 Å². The molecule has 2 aromatic rings. The zero-order valence-electron chi connectivity index (χ0n) is 12.8. The van der Waals surface area contributed by atoms with Crippen LogP contribution in [0.2, 0.25) is 5.02 Å². The third kappa shape index (κ3) is 5.81. The van der Waals surface area contributed by atoms with E-state index in [1.54, 1.807) is 37.4 Å². The van der Waals surface area contributed by atoms with Gasteiger partial charge in [0.05, 0.1) is 23.9 Å². The highest BCUT2D eigenvalue weighted by molar-refractivity contribution is 6.33. The van der Waals surface area contributed by atoms with Crippen LogP contribution in [0.15, 0.2) is 48.5 Å². The molecule has 6 heteroatoms. The molecule has 0 atom stereocenters. The zero-order chi connectivity index (χ0) is 16.5. The quantitative estimate of drug-likeness (QED) is 0.726. The number of carbonyl (C=O) groups excluding carboxylic acids is 1. The molecule has 2 rings (SSSR count). The standard InChI is InChI=1S/C17H19ClN2O3/c1-22-10-11-23-14-8-6-13(7-9-14)20-17(21)12-19-16-5-3-2-4-15(16)18/h2-9,19H,10-12H2,1H3,(H,20,21). The van der Waals surface area contributed by atoms with Gasteiger partial charge in [-0.1, -0.05) is 23.7 Å². The third-order valence-corrected chi connectivity index (χ3v) is 3.34. The number of hydrogen-bond donors (Lipinski definition) is 2. The maximum atomic E-state index is 11.9. The summed E-state index contributed by atoms with van der Waals surface area (Å²) in [5.41, 5.74) is 1.43. The minimum absolute atomic E-state index is 0.135. The number of rotatable bonds is 8. The first-order valence-electron chi connectivity index (χ1n) is 7.19. The Labute approximate surface area is 140 Å². The molecule has 1 amide bonds. The molecule has 5 nitrogen and oxygen atoms in total. The summed E-state index contributed by atoms with van der Waals surface area (Å²) in [6.45, 7) is 1.16. The van der Waals surface area contributed by atoms with Crippen LogP contribution in [0.3, 0.4) is 0 Å². The summed E-state index contributed by atoms with van der Waals surface area (Å²) in [6.07, 6.45) is 0. The van der Waals surface area contributed by atoms with Crippen LogP contribution in [0, 0.1) is 0 Å². The molecule has 0 aliphatic heterocycles. The molecule has 0 spiro atoms. The summed E-state index contributed by atoms with van der Waals surface area (Å²) in [5, 5.41) is 6.38. The molecule has 2 aromatic carbocycles. The first-order chi connectivity index (χ1) is 11.2. The van der Waals surface area contributed by atoms with Gasteiger partial charge in [0.15, 0.2) is 0 Å². The van der Waals surface area contributed by atoms with Gasteiger partial charge in [0.25, 0.3) is 0 Å². The monoisotopic (exact) mass is 334 g/mol. The highest BCUT2D eigenvalue weighted by Crippen LogP contribution is 2.20. The molecular weight excluding hydrogens is 316 g/mol. The summed E-state index contributed by atoms with van der Waals surface area (Å²) in [5.74, 6) is 0.576. The second-order valence-electron chi connectivity index (χ2n) is 4.75. The molecule has 0 fully saturated rings. The lowest BCUT2D eigenvalue weighted by atomic mass is 10.3. The predicted octanol–water partition coefficient (Wildman–Crippen LogP) is 3.42. The second-order valence-corrected chi connectivity index (χ2v) is 5.15. The van der Waals surface area contributed by atoms with Gasteiger partial charge in [-0.15, -0.1) is 0 Å². The largest absolute Gasteiger partial charge is 0.491 e. The van der Waals surface area contributed by atoms with Crippen molar-refractivity contribution in [1.29, 1.82) is 0 Å². The Morgan fingerprint density at radius 3 is 2.52 bits per heavy atom. The first kappa shape index (κ1) is 17.1. The van der Waals surface area contributed by atoms with E-state index in [9.17, 15) is 4.79 Å². The van der Waals surface area contributed by atoms with Crippen LogP contribution in [-0.2, 0) is 9.53 Å². The minimum atomic E-state index is -0.155. The van der Waals surface area contributed by atoms with Crippen LogP contribution in [0.25, 0.3) is 0 Å². The molecule has 0 aromatic heterocycles. The number of carbonyl (C=O) groups is 1. The fourth-order valence-electron chi connectivity index (χ4n) is 1.86. The Balaban J connectivity index is 1.80. The van der Waals surface area contributed by atoms with Crippen molar-refractivity contribution in [3.63, 3.8) is 0 Å². The highest BCUT2D eigenvalue weighted by Gasteiger charge is 2.04. The zero-order valence-corrected chi connectivity index (χ0v) is 13.6. The van der Waals surface area contributed by atoms with Crippen molar-refractivity contribution >= 4 is 28.9 Å². The maximum Gasteiger partial charge on any atom is 0.243 e. The van der Waals surface area contributed by atoms with Gasteiger partial charge in [-0.3, -0.25) is 4.79 Å². The van der Waals surface area contributed by atoms with Crippen LogP contribution >= 0.6 is 11.6 Å². The van der Waals surface area contributed by atoms with E-state index in [1.165, 1.54) is 0 Å². The van der Waals surface area contributed by atoms with Gasteiger partial charge in [0.1, 0.15) is 12.4 Å². The topological polar surface area (TPSA) is 59.6 Å².